The number of rotatable bonds is 7. The third kappa shape index (κ3) is 4.58. The zero-order valence-corrected chi connectivity index (χ0v) is 14.4. The number of hydrogen-bond donors (Lipinski definition) is 2. The molecule has 0 saturated carbocycles. The van der Waals surface area contributed by atoms with E-state index in [1.807, 2.05) is 12.1 Å². The molecule has 1 aliphatic rings. The maximum absolute atomic E-state index is 5.55. The molecule has 2 N–H and O–H groups in total. The van der Waals surface area contributed by atoms with Gasteiger partial charge in [-0.1, -0.05) is 25.1 Å². The molecule has 0 spiro atoms. The number of nitrogens with one attached hydrogen (secondary N) is 2. The first-order valence-corrected chi connectivity index (χ1v) is 8.55. The average Bonchev–Trinajstić information content (AvgIpc) is 3.07. The molecule has 2 rings (SSSR count). The molecule has 1 aromatic rings. The lowest BCUT2D eigenvalue weighted by Gasteiger charge is -2.29. The highest BCUT2D eigenvalue weighted by Gasteiger charge is 2.25. The monoisotopic (exact) mass is 321 g/mol. The molecule has 1 heterocycles. The van der Waals surface area contributed by atoms with Crippen LogP contribution in [-0.4, -0.2) is 43.3 Å². The minimum Gasteiger partial charge on any atom is -0.496 e. The first-order chi connectivity index (χ1) is 10.8. The van der Waals surface area contributed by atoms with Crippen LogP contribution in [0.15, 0.2) is 24.3 Å². The largest absolute Gasteiger partial charge is 0.496 e. The van der Waals surface area contributed by atoms with Gasteiger partial charge in [-0.2, -0.15) is 0 Å². The lowest BCUT2D eigenvalue weighted by Crippen LogP contribution is -2.41. The molecule has 1 fully saturated rings. The highest BCUT2D eigenvalue weighted by molar-refractivity contribution is 7.80. The molecule has 1 aromatic carbocycles. The van der Waals surface area contributed by atoms with Crippen LogP contribution in [0.2, 0.25) is 0 Å². The summed E-state index contributed by atoms with van der Waals surface area (Å²) in [4.78, 5) is 2.52. The van der Waals surface area contributed by atoms with Crippen LogP contribution in [0.5, 0.6) is 5.75 Å². The summed E-state index contributed by atoms with van der Waals surface area (Å²) < 4.78 is 5.55. The van der Waals surface area contributed by atoms with Gasteiger partial charge >= 0.3 is 0 Å². The molecule has 0 bridgehead atoms. The van der Waals surface area contributed by atoms with Gasteiger partial charge < -0.3 is 15.4 Å². The van der Waals surface area contributed by atoms with E-state index >= 15 is 0 Å². The van der Waals surface area contributed by atoms with Gasteiger partial charge in [0.25, 0.3) is 0 Å². The van der Waals surface area contributed by atoms with Crippen molar-refractivity contribution in [1.29, 1.82) is 0 Å². The zero-order valence-electron chi connectivity index (χ0n) is 13.6. The SMILES string of the molecule is CCCNC(=S)NC[C@H](c1ccccc1OC)N1CCCC1. The molecule has 1 aliphatic heterocycles. The fraction of sp³-hybridized carbons (Fsp3) is 0.588. The van der Waals surface area contributed by atoms with Crippen molar-refractivity contribution < 1.29 is 4.74 Å². The Hall–Kier alpha value is -1.33. The highest BCUT2D eigenvalue weighted by atomic mass is 32.1. The lowest BCUT2D eigenvalue weighted by molar-refractivity contribution is 0.239. The van der Waals surface area contributed by atoms with E-state index in [4.69, 9.17) is 17.0 Å². The van der Waals surface area contributed by atoms with Crippen LogP contribution in [0.4, 0.5) is 0 Å². The summed E-state index contributed by atoms with van der Waals surface area (Å²) in [5, 5.41) is 7.33. The Morgan fingerprint density at radius 1 is 1.27 bits per heavy atom. The number of ether oxygens (including phenoxy) is 1. The topological polar surface area (TPSA) is 36.5 Å². The lowest BCUT2D eigenvalue weighted by atomic mass is 10.0. The van der Waals surface area contributed by atoms with Crippen LogP contribution >= 0.6 is 12.2 Å². The molecule has 0 unspecified atom stereocenters. The highest BCUT2D eigenvalue weighted by Crippen LogP contribution is 2.31. The van der Waals surface area contributed by atoms with E-state index in [0.29, 0.717) is 6.04 Å². The average molecular weight is 321 g/mol. The summed E-state index contributed by atoms with van der Waals surface area (Å²) >= 11 is 5.35. The van der Waals surface area contributed by atoms with Crippen molar-refractivity contribution in [3.63, 3.8) is 0 Å². The van der Waals surface area contributed by atoms with Gasteiger partial charge in [0.15, 0.2) is 5.11 Å². The van der Waals surface area contributed by atoms with Gasteiger partial charge in [-0.15, -0.1) is 0 Å². The van der Waals surface area contributed by atoms with Gasteiger partial charge in [-0.05, 0) is 50.6 Å². The van der Waals surface area contributed by atoms with Gasteiger partial charge in [0, 0.05) is 18.7 Å². The van der Waals surface area contributed by atoms with Gasteiger partial charge in [-0.25, -0.2) is 0 Å². The Morgan fingerprint density at radius 2 is 2.00 bits per heavy atom. The number of benzene rings is 1. The van der Waals surface area contributed by atoms with E-state index in [1.54, 1.807) is 7.11 Å². The standard InChI is InChI=1S/C17H27N3OS/c1-3-10-18-17(22)19-13-15(20-11-6-7-12-20)14-8-4-5-9-16(14)21-2/h4-5,8-9,15H,3,6-7,10-13H2,1-2H3,(H2,18,19,22)/t15-/m1/s1. The summed E-state index contributed by atoms with van der Waals surface area (Å²) in [6.07, 6.45) is 3.61. The zero-order chi connectivity index (χ0) is 15.8. The molecular weight excluding hydrogens is 294 g/mol. The number of methoxy groups -OCH3 is 1. The van der Waals surface area contributed by atoms with Gasteiger partial charge in [0.2, 0.25) is 0 Å². The fourth-order valence-electron chi connectivity index (χ4n) is 2.92. The molecule has 1 saturated heterocycles. The predicted molar refractivity (Wildman–Crippen MR) is 95.4 cm³/mol. The number of para-hydroxylation sites is 1. The third-order valence-electron chi connectivity index (χ3n) is 4.07. The molecule has 4 nitrogen and oxygen atoms in total. The normalized spacial score (nSPS) is 16.3. The molecule has 0 radical (unpaired) electrons. The Bertz CT molecular complexity index is 475. The molecule has 1 atom stereocenters. The van der Waals surface area contributed by atoms with Crippen molar-refractivity contribution in [2.45, 2.75) is 32.2 Å². The second-order valence-corrected chi connectivity index (χ2v) is 6.05. The number of likely N-dealkylation sites (tertiary alicyclic amines) is 1. The summed E-state index contributed by atoms with van der Waals surface area (Å²) in [6.45, 7) is 6.13. The third-order valence-corrected chi connectivity index (χ3v) is 4.36. The predicted octanol–water partition coefficient (Wildman–Crippen LogP) is 2.71. The van der Waals surface area contributed by atoms with Crippen LogP contribution < -0.4 is 15.4 Å². The minimum absolute atomic E-state index is 0.292. The van der Waals surface area contributed by atoms with Crippen molar-refractivity contribution in [3.05, 3.63) is 29.8 Å². The Kier molecular flexibility index (Phi) is 6.93. The quantitative estimate of drug-likeness (QED) is 0.755. The fourth-order valence-corrected chi connectivity index (χ4v) is 3.11. The van der Waals surface area contributed by atoms with Crippen molar-refractivity contribution >= 4 is 17.3 Å². The molecule has 0 aliphatic carbocycles. The van der Waals surface area contributed by atoms with Crippen LogP contribution in [-0.2, 0) is 0 Å². The molecule has 122 valence electrons. The minimum atomic E-state index is 0.292. The van der Waals surface area contributed by atoms with Gasteiger partial charge in [0.1, 0.15) is 5.75 Å². The first kappa shape index (κ1) is 17.0. The van der Waals surface area contributed by atoms with E-state index in [-0.39, 0.29) is 0 Å². The Labute approximate surface area is 139 Å². The Balaban J connectivity index is 2.07. The number of hydrogen-bond acceptors (Lipinski definition) is 3. The number of nitrogens with zero attached hydrogens (tertiary/aromatic N) is 1. The van der Waals surface area contributed by atoms with Crippen LogP contribution in [0.3, 0.4) is 0 Å². The van der Waals surface area contributed by atoms with Crippen molar-refractivity contribution in [2.75, 3.05) is 33.3 Å². The van der Waals surface area contributed by atoms with Crippen molar-refractivity contribution in [2.24, 2.45) is 0 Å². The second kappa shape index (κ2) is 8.96. The molecule has 22 heavy (non-hydrogen) atoms. The molecule has 0 amide bonds. The first-order valence-electron chi connectivity index (χ1n) is 8.15. The van der Waals surface area contributed by atoms with Crippen LogP contribution in [0.25, 0.3) is 0 Å². The van der Waals surface area contributed by atoms with E-state index in [9.17, 15) is 0 Å². The van der Waals surface area contributed by atoms with Gasteiger partial charge in [0.05, 0.1) is 13.2 Å². The maximum atomic E-state index is 5.55. The summed E-state index contributed by atoms with van der Waals surface area (Å²) in [5.41, 5.74) is 1.23. The van der Waals surface area contributed by atoms with E-state index < -0.39 is 0 Å². The maximum Gasteiger partial charge on any atom is 0.166 e. The molecule has 5 heteroatoms. The van der Waals surface area contributed by atoms with E-state index in [0.717, 1.165) is 43.5 Å². The molecular formula is C17H27N3OS. The van der Waals surface area contributed by atoms with Crippen molar-refractivity contribution in [3.8, 4) is 5.75 Å². The van der Waals surface area contributed by atoms with Crippen LogP contribution in [0.1, 0.15) is 37.8 Å². The summed E-state index contributed by atoms with van der Waals surface area (Å²) in [6, 6.07) is 8.58. The van der Waals surface area contributed by atoms with Crippen LogP contribution in [0, 0.1) is 0 Å². The smallest absolute Gasteiger partial charge is 0.166 e. The number of thiocarbonyl (C=S) groups is 1. The van der Waals surface area contributed by atoms with Gasteiger partial charge in [-0.3, -0.25) is 4.90 Å². The van der Waals surface area contributed by atoms with E-state index in [1.165, 1.54) is 18.4 Å². The molecule has 0 aromatic heterocycles. The van der Waals surface area contributed by atoms with Crippen molar-refractivity contribution in [1.82, 2.24) is 15.5 Å². The summed E-state index contributed by atoms with van der Waals surface area (Å²) in [5.74, 6) is 0.952. The van der Waals surface area contributed by atoms with E-state index in [2.05, 4.69) is 34.6 Å². The Morgan fingerprint density at radius 3 is 2.68 bits per heavy atom. The summed E-state index contributed by atoms with van der Waals surface area (Å²) in [7, 11) is 1.74. The second-order valence-electron chi connectivity index (χ2n) is 5.64.